The number of alkyl carbamates (subject to hydrolysis) is 2. The fraction of sp³-hybridized carbons (Fsp3) is 0.714. The molecule has 1 aromatic rings. The number of nitrogens with one attached hydrogen (secondary N) is 2. The SMILES string of the molecule is CC(C)(C)OC(=O)NCc1nnc(CNC(=O)OC(C)(C)C)nn1. The van der Waals surface area contributed by atoms with Crippen LogP contribution in [0.15, 0.2) is 0 Å². The van der Waals surface area contributed by atoms with Crippen molar-refractivity contribution < 1.29 is 19.1 Å². The Bertz CT molecular complexity index is 511. The molecule has 0 atom stereocenters. The zero-order chi connectivity index (χ0) is 18.4. The number of rotatable bonds is 4. The number of amides is 2. The van der Waals surface area contributed by atoms with E-state index in [9.17, 15) is 9.59 Å². The Morgan fingerprint density at radius 3 is 1.29 bits per heavy atom. The molecule has 0 radical (unpaired) electrons. The molecule has 0 aliphatic heterocycles. The Morgan fingerprint density at radius 2 is 1.04 bits per heavy atom. The number of hydrogen-bond acceptors (Lipinski definition) is 8. The highest BCUT2D eigenvalue weighted by atomic mass is 16.6. The van der Waals surface area contributed by atoms with E-state index in [1.54, 1.807) is 41.5 Å². The van der Waals surface area contributed by atoms with Gasteiger partial charge < -0.3 is 20.1 Å². The molecule has 0 aromatic carbocycles. The minimum Gasteiger partial charge on any atom is -0.444 e. The first-order chi connectivity index (χ1) is 10.9. The molecule has 0 aliphatic carbocycles. The minimum absolute atomic E-state index is 0.0364. The van der Waals surface area contributed by atoms with Gasteiger partial charge in [-0.25, -0.2) is 9.59 Å². The minimum atomic E-state index is -0.585. The molecular weight excluding hydrogens is 316 g/mol. The van der Waals surface area contributed by atoms with Gasteiger partial charge in [-0.15, -0.1) is 20.4 Å². The van der Waals surface area contributed by atoms with E-state index in [4.69, 9.17) is 9.47 Å². The third-order valence-corrected chi connectivity index (χ3v) is 2.14. The van der Waals surface area contributed by atoms with Gasteiger partial charge >= 0.3 is 12.2 Å². The van der Waals surface area contributed by atoms with E-state index in [0.717, 1.165) is 0 Å². The molecule has 10 heteroatoms. The van der Waals surface area contributed by atoms with Gasteiger partial charge in [-0.2, -0.15) is 0 Å². The molecule has 0 aliphatic rings. The fourth-order valence-electron chi connectivity index (χ4n) is 1.34. The van der Waals surface area contributed by atoms with E-state index in [0.29, 0.717) is 0 Å². The average molecular weight is 340 g/mol. The van der Waals surface area contributed by atoms with Gasteiger partial charge in [-0.3, -0.25) is 0 Å². The highest BCUT2D eigenvalue weighted by molar-refractivity contribution is 5.67. The third-order valence-electron chi connectivity index (χ3n) is 2.14. The molecule has 10 nitrogen and oxygen atoms in total. The van der Waals surface area contributed by atoms with Gasteiger partial charge in [0.1, 0.15) is 11.2 Å². The van der Waals surface area contributed by atoms with Gasteiger partial charge in [-0.1, -0.05) is 0 Å². The number of carbonyl (C=O) groups excluding carboxylic acids is 2. The van der Waals surface area contributed by atoms with Crippen LogP contribution >= 0.6 is 0 Å². The zero-order valence-corrected chi connectivity index (χ0v) is 14.8. The van der Waals surface area contributed by atoms with Crippen LogP contribution < -0.4 is 10.6 Å². The van der Waals surface area contributed by atoms with Crippen LogP contribution in [-0.4, -0.2) is 43.8 Å². The molecule has 24 heavy (non-hydrogen) atoms. The standard InChI is InChI=1S/C14H24N6O4/c1-13(2,3)23-11(21)15-7-9-17-19-10(20-18-9)8-16-12(22)24-14(4,5)6/h7-8H2,1-6H3,(H,15,21)(H,16,22). The van der Waals surface area contributed by atoms with Gasteiger partial charge in [0, 0.05) is 0 Å². The maximum atomic E-state index is 11.5. The quantitative estimate of drug-likeness (QED) is 0.839. The summed E-state index contributed by atoms with van der Waals surface area (Å²) in [5.74, 6) is 0.448. The van der Waals surface area contributed by atoms with E-state index < -0.39 is 23.4 Å². The molecule has 0 unspecified atom stereocenters. The van der Waals surface area contributed by atoms with Crippen molar-refractivity contribution in [3.8, 4) is 0 Å². The Balaban J connectivity index is 2.41. The number of hydrogen-bond donors (Lipinski definition) is 2. The molecule has 1 heterocycles. The first-order valence-corrected chi connectivity index (χ1v) is 7.43. The summed E-state index contributed by atoms with van der Waals surface area (Å²) >= 11 is 0. The lowest BCUT2D eigenvalue weighted by Gasteiger charge is -2.19. The van der Waals surface area contributed by atoms with Gasteiger partial charge in [0.15, 0.2) is 11.6 Å². The van der Waals surface area contributed by atoms with Gasteiger partial charge in [-0.05, 0) is 41.5 Å². The Kier molecular flexibility index (Phi) is 6.38. The summed E-state index contributed by atoms with van der Waals surface area (Å²) in [5.41, 5.74) is -1.17. The second-order valence-corrected chi connectivity index (χ2v) is 6.94. The summed E-state index contributed by atoms with van der Waals surface area (Å²) in [4.78, 5) is 23.0. The summed E-state index contributed by atoms with van der Waals surface area (Å²) in [6.07, 6.45) is -1.16. The van der Waals surface area contributed by atoms with Crippen molar-refractivity contribution in [1.82, 2.24) is 31.0 Å². The molecule has 0 saturated carbocycles. The molecule has 2 N–H and O–H groups in total. The van der Waals surface area contributed by atoms with Crippen molar-refractivity contribution in [1.29, 1.82) is 0 Å². The lowest BCUT2D eigenvalue weighted by Crippen LogP contribution is -2.33. The molecule has 2 amide bonds. The zero-order valence-electron chi connectivity index (χ0n) is 14.8. The summed E-state index contributed by atoms with van der Waals surface area (Å²) in [6.45, 7) is 10.6. The molecule has 0 spiro atoms. The highest BCUT2D eigenvalue weighted by Crippen LogP contribution is 2.07. The van der Waals surface area contributed by atoms with Crippen LogP contribution in [-0.2, 0) is 22.6 Å². The van der Waals surface area contributed by atoms with Gasteiger partial charge in [0.25, 0.3) is 0 Å². The third kappa shape index (κ3) is 8.81. The molecule has 1 aromatic heterocycles. The summed E-state index contributed by atoms with van der Waals surface area (Å²) < 4.78 is 10.2. The number of ether oxygens (including phenoxy) is 2. The van der Waals surface area contributed by atoms with Crippen LogP contribution in [0.5, 0.6) is 0 Å². The summed E-state index contributed by atoms with van der Waals surface area (Å²) in [7, 11) is 0. The van der Waals surface area contributed by atoms with E-state index >= 15 is 0 Å². The van der Waals surface area contributed by atoms with Crippen LogP contribution in [0.1, 0.15) is 53.2 Å². The molecule has 0 bridgehead atoms. The van der Waals surface area contributed by atoms with Crippen LogP contribution in [0.4, 0.5) is 9.59 Å². The first-order valence-electron chi connectivity index (χ1n) is 7.43. The van der Waals surface area contributed by atoms with E-state index in [1.165, 1.54) is 0 Å². The van der Waals surface area contributed by atoms with E-state index in [-0.39, 0.29) is 24.7 Å². The predicted molar refractivity (Wildman–Crippen MR) is 83.8 cm³/mol. The highest BCUT2D eigenvalue weighted by Gasteiger charge is 2.17. The number of nitrogens with zero attached hydrogens (tertiary/aromatic N) is 4. The number of carbonyl (C=O) groups is 2. The maximum absolute atomic E-state index is 11.5. The molecule has 0 saturated heterocycles. The molecular formula is C14H24N6O4. The van der Waals surface area contributed by atoms with Crippen molar-refractivity contribution in [2.75, 3.05) is 0 Å². The van der Waals surface area contributed by atoms with Gasteiger partial charge in [0.2, 0.25) is 0 Å². The predicted octanol–water partition coefficient (Wildman–Crippen LogP) is 1.32. The largest absolute Gasteiger partial charge is 0.444 e. The second-order valence-electron chi connectivity index (χ2n) is 6.94. The van der Waals surface area contributed by atoms with Crippen LogP contribution in [0.3, 0.4) is 0 Å². The smallest absolute Gasteiger partial charge is 0.408 e. The fourth-order valence-corrected chi connectivity index (χ4v) is 1.34. The van der Waals surface area contributed by atoms with Crippen molar-refractivity contribution in [2.24, 2.45) is 0 Å². The van der Waals surface area contributed by atoms with Crippen molar-refractivity contribution >= 4 is 12.2 Å². The normalized spacial score (nSPS) is 11.6. The first kappa shape index (κ1) is 19.5. The Hall–Kier alpha value is -2.52. The molecule has 1 rings (SSSR count). The van der Waals surface area contributed by atoms with E-state index in [2.05, 4.69) is 31.0 Å². The van der Waals surface area contributed by atoms with E-state index in [1.807, 2.05) is 0 Å². The van der Waals surface area contributed by atoms with Crippen molar-refractivity contribution in [3.05, 3.63) is 11.6 Å². The maximum Gasteiger partial charge on any atom is 0.408 e. The van der Waals surface area contributed by atoms with Crippen LogP contribution in [0.2, 0.25) is 0 Å². The van der Waals surface area contributed by atoms with Crippen LogP contribution in [0.25, 0.3) is 0 Å². The molecule has 134 valence electrons. The van der Waals surface area contributed by atoms with Crippen LogP contribution in [0, 0.1) is 0 Å². The molecule has 0 fully saturated rings. The van der Waals surface area contributed by atoms with Crippen molar-refractivity contribution in [3.63, 3.8) is 0 Å². The van der Waals surface area contributed by atoms with Crippen molar-refractivity contribution in [2.45, 2.75) is 65.8 Å². The average Bonchev–Trinajstić information content (AvgIpc) is 2.40. The second kappa shape index (κ2) is 7.84. The Morgan fingerprint density at radius 1 is 0.750 bits per heavy atom. The lowest BCUT2D eigenvalue weighted by molar-refractivity contribution is 0.0509. The monoisotopic (exact) mass is 340 g/mol. The summed E-state index contributed by atoms with van der Waals surface area (Å²) in [6, 6.07) is 0. The topological polar surface area (TPSA) is 128 Å². The summed E-state index contributed by atoms with van der Waals surface area (Å²) in [5, 5.41) is 20.2. The van der Waals surface area contributed by atoms with Gasteiger partial charge in [0.05, 0.1) is 13.1 Å². The number of aromatic nitrogens is 4. The lowest BCUT2D eigenvalue weighted by atomic mass is 10.2. The Labute approximate surface area is 140 Å².